The molecule has 0 bridgehead atoms. The van der Waals surface area contributed by atoms with E-state index in [1.165, 1.54) is 13.8 Å². The van der Waals surface area contributed by atoms with Crippen LogP contribution in [0.25, 0.3) is 0 Å². The fourth-order valence-corrected chi connectivity index (χ4v) is 2.14. The minimum absolute atomic E-state index is 0.275. The van der Waals surface area contributed by atoms with Gasteiger partial charge in [0.1, 0.15) is 6.04 Å². The standard InChI is InChI=1S/C8H12FNO4S2/c1-4(11)10-6(7(13)14-3-9)8(15)16-5(2)12/h6,8,15H,3H2,1-2H3,(H,10,11). The topological polar surface area (TPSA) is 72.5 Å². The van der Waals surface area contributed by atoms with Gasteiger partial charge in [0.2, 0.25) is 12.8 Å². The molecule has 0 aliphatic rings. The summed E-state index contributed by atoms with van der Waals surface area (Å²) in [5, 5.41) is 1.97. The zero-order valence-electron chi connectivity index (χ0n) is 8.73. The van der Waals surface area contributed by atoms with Gasteiger partial charge in [-0.05, 0) is 0 Å². The Bertz CT molecular complexity index is 287. The van der Waals surface area contributed by atoms with Crippen molar-refractivity contribution in [2.45, 2.75) is 24.5 Å². The van der Waals surface area contributed by atoms with Crippen molar-refractivity contribution in [2.24, 2.45) is 0 Å². The molecule has 0 aliphatic carbocycles. The number of hydrogen-bond acceptors (Lipinski definition) is 6. The first-order valence-electron chi connectivity index (χ1n) is 4.23. The van der Waals surface area contributed by atoms with Crippen molar-refractivity contribution in [1.29, 1.82) is 0 Å². The fraction of sp³-hybridized carbons (Fsp3) is 0.625. The molecule has 16 heavy (non-hydrogen) atoms. The van der Waals surface area contributed by atoms with Crippen LogP contribution in [0.3, 0.4) is 0 Å². The largest absolute Gasteiger partial charge is 0.432 e. The second-order valence-electron chi connectivity index (χ2n) is 2.75. The van der Waals surface area contributed by atoms with Crippen LogP contribution >= 0.6 is 24.4 Å². The van der Waals surface area contributed by atoms with E-state index in [2.05, 4.69) is 22.7 Å². The third-order valence-corrected chi connectivity index (χ3v) is 2.84. The SMILES string of the molecule is CC(=O)NC(C(=O)OCF)C(S)SC(C)=O. The Labute approximate surface area is 102 Å². The summed E-state index contributed by atoms with van der Waals surface area (Å²) in [5.74, 6) is -1.46. The van der Waals surface area contributed by atoms with Crippen LogP contribution in [0.5, 0.6) is 0 Å². The van der Waals surface area contributed by atoms with Crippen LogP contribution in [0, 0.1) is 0 Å². The molecule has 0 saturated carbocycles. The van der Waals surface area contributed by atoms with Crippen molar-refractivity contribution in [3.63, 3.8) is 0 Å². The molecule has 0 aromatic heterocycles. The van der Waals surface area contributed by atoms with Crippen LogP contribution in [-0.4, -0.2) is 34.5 Å². The van der Waals surface area contributed by atoms with Crippen LogP contribution in [0.2, 0.25) is 0 Å². The Morgan fingerprint density at radius 2 is 2.00 bits per heavy atom. The fourth-order valence-electron chi connectivity index (χ4n) is 0.847. The number of carbonyl (C=O) groups is 3. The summed E-state index contributed by atoms with van der Waals surface area (Å²) in [6.45, 7) is 1.19. The number of rotatable bonds is 5. The van der Waals surface area contributed by atoms with E-state index < -0.39 is 29.4 Å². The molecule has 0 radical (unpaired) electrons. The van der Waals surface area contributed by atoms with Crippen molar-refractivity contribution < 1.29 is 23.5 Å². The number of hydrogen-bond donors (Lipinski definition) is 2. The van der Waals surface area contributed by atoms with Crippen molar-refractivity contribution in [3.05, 3.63) is 0 Å². The van der Waals surface area contributed by atoms with Crippen molar-refractivity contribution in [3.8, 4) is 0 Å². The van der Waals surface area contributed by atoms with Gasteiger partial charge in [0.25, 0.3) is 0 Å². The molecule has 0 spiro atoms. The smallest absolute Gasteiger partial charge is 0.333 e. The summed E-state index contributed by atoms with van der Waals surface area (Å²) in [5.41, 5.74) is 0. The maximum atomic E-state index is 11.8. The number of amides is 1. The minimum atomic E-state index is -1.29. The highest BCUT2D eigenvalue weighted by Crippen LogP contribution is 2.20. The number of ether oxygens (including phenoxy) is 1. The molecule has 2 atom stereocenters. The molecule has 92 valence electrons. The van der Waals surface area contributed by atoms with Crippen molar-refractivity contribution in [2.75, 3.05) is 6.86 Å². The molecule has 0 aromatic carbocycles. The van der Waals surface area contributed by atoms with Gasteiger partial charge in [0.15, 0.2) is 5.12 Å². The highest BCUT2D eigenvalue weighted by molar-refractivity contribution is 8.21. The average Bonchev–Trinajstić information content (AvgIpc) is 2.12. The van der Waals surface area contributed by atoms with E-state index in [-0.39, 0.29) is 5.12 Å². The average molecular weight is 269 g/mol. The van der Waals surface area contributed by atoms with E-state index in [9.17, 15) is 18.8 Å². The molecule has 0 fully saturated rings. The molecule has 1 N–H and O–H groups in total. The number of halogens is 1. The van der Waals surface area contributed by atoms with Gasteiger partial charge in [-0.1, -0.05) is 11.8 Å². The lowest BCUT2D eigenvalue weighted by molar-refractivity contribution is -0.151. The number of esters is 1. The first-order valence-corrected chi connectivity index (χ1v) is 5.63. The van der Waals surface area contributed by atoms with Gasteiger partial charge in [-0.3, -0.25) is 9.59 Å². The number of nitrogens with one attached hydrogen (secondary N) is 1. The molecule has 0 rings (SSSR count). The summed E-state index contributed by atoms with van der Waals surface area (Å²) in [6, 6.07) is -1.16. The Morgan fingerprint density at radius 3 is 2.38 bits per heavy atom. The molecule has 0 aromatic rings. The van der Waals surface area contributed by atoms with E-state index in [1.807, 2.05) is 0 Å². The maximum absolute atomic E-state index is 11.8. The molecule has 1 amide bonds. The quantitative estimate of drug-likeness (QED) is 0.432. The van der Waals surface area contributed by atoms with E-state index in [0.29, 0.717) is 0 Å². The Morgan fingerprint density at radius 1 is 1.44 bits per heavy atom. The third kappa shape index (κ3) is 5.96. The van der Waals surface area contributed by atoms with E-state index in [4.69, 9.17) is 0 Å². The zero-order valence-corrected chi connectivity index (χ0v) is 10.4. The van der Waals surface area contributed by atoms with Crippen molar-refractivity contribution >= 4 is 41.4 Å². The number of carbonyl (C=O) groups excluding carboxylic acids is 3. The second-order valence-corrected chi connectivity index (χ2v) is 4.97. The van der Waals surface area contributed by atoms with Crippen molar-refractivity contribution in [1.82, 2.24) is 5.32 Å². The zero-order chi connectivity index (χ0) is 12.7. The van der Waals surface area contributed by atoms with Gasteiger partial charge in [0.05, 0.1) is 4.58 Å². The summed E-state index contributed by atoms with van der Waals surface area (Å²) >= 11 is 4.72. The van der Waals surface area contributed by atoms with E-state index >= 15 is 0 Å². The predicted octanol–water partition coefficient (Wildman–Crippen LogP) is 0.497. The highest BCUT2D eigenvalue weighted by Gasteiger charge is 2.29. The molecular weight excluding hydrogens is 257 g/mol. The summed E-state index contributed by atoms with van der Waals surface area (Å²) in [7, 11) is 0. The molecule has 0 aliphatic heterocycles. The monoisotopic (exact) mass is 269 g/mol. The van der Waals surface area contributed by atoms with Crippen LogP contribution in [0.1, 0.15) is 13.8 Å². The summed E-state index contributed by atoms with van der Waals surface area (Å²) < 4.78 is 15.1. The van der Waals surface area contributed by atoms with Gasteiger partial charge < -0.3 is 10.1 Å². The Kier molecular flexibility index (Phi) is 7.15. The van der Waals surface area contributed by atoms with E-state index in [0.717, 1.165) is 11.8 Å². The van der Waals surface area contributed by atoms with Gasteiger partial charge in [-0.2, -0.15) is 12.6 Å². The number of alkyl halides is 1. The summed E-state index contributed by atoms with van der Waals surface area (Å²) in [6.07, 6.45) is 0. The molecule has 0 heterocycles. The van der Waals surface area contributed by atoms with Crippen LogP contribution in [0.4, 0.5) is 4.39 Å². The second kappa shape index (κ2) is 7.50. The first kappa shape index (κ1) is 15.2. The molecule has 8 heteroatoms. The van der Waals surface area contributed by atoms with Crippen LogP contribution in [-0.2, 0) is 19.1 Å². The van der Waals surface area contributed by atoms with Crippen LogP contribution in [0.15, 0.2) is 0 Å². The van der Waals surface area contributed by atoms with Gasteiger partial charge in [-0.15, -0.1) is 0 Å². The number of thioether (sulfide) groups is 1. The Balaban J connectivity index is 4.57. The lowest BCUT2D eigenvalue weighted by atomic mass is 10.3. The lowest BCUT2D eigenvalue weighted by Gasteiger charge is -2.20. The molecular formula is C8H12FNO4S2. The van der Waals surface area contributed by atoms with Crippen LogP contribution < -0.4 is 5.32 Å². The summed E-state index contributed by atoms with van der Waals surface area (Å²) in [4.78, 5) is 32.9. The molecule has 2 unspecified atom stereocenters. The lowest BCUT2D eigenvalue weighted by Crippen LogP contribution is -2.46. The highest BCUT2D eigenvalue weighted by atomic mass is 32.2. The Hall–Kier alpha value is -0.760. The minimum Gasteiger partial charge on any atom is -0.432 e. The van der Waals surface area contributed by atoms with E-state index in [1.54, 1.807) is 0 Å². The van der Waals surface area contributed by atoms with Gasteiger partial charge in [-0.25, -0.2) is 9.18 Å². The maximum Gasteiger partial charge on any atom is 0.333 e. The first-order chi connectivity index (χ1) is 7.38. The third-order valence-electron chi connectivity index (χ3n) is 1.38. The van der Waals surface area contributed by atoms with Gasteiger partial charge >= 0.3 is 5.97 Å². The predicted molar refractivity (Wildman–Crippen MR) is 60.7 cm³/mol. The molecule has 5 nitrogen and oxygen atoms in total. The number of thiol groups is 1. The van der Waals surface area contributed by atoms with Gasteiger partial charge in [0, 0.05) is 13.8 Å². The molecule has 0 saturated heterocycles. The normalized spacial score (nSPS) is 13.8.